The summed E-state index contributed by atoms with van der Waals surface area (Å²) in [6.45, 7) is 7.10. The maximum Gasteiger partial charge on any atom is 0.193 e. The molecule has 3 rings (SSSR count). The summed E-state index contributed by atoms with van der Waals surface area (Å²) in [4.78, 5) is 13.8. The van der Waals surface area contributed by atoms with Gasteiger partial charge in [-0.05, 0) is 31.5 Å². The van der Waals surface area contributed by atoms with E-state index in [0.717, 1.165) is 31.4 Å². The molecule has 1 aliphatic rings. The monoisotopic (exact) mass is 496 g/mol. The number of aromatic nitrogens is 2. The van der Waals surface area contributed by atoms with Gasteiger partial charge in [-0.3, -0.25) is 9.89 Å². The number of halogens is 1. The molecule has 1 aromatic heterocycles. The maximum atomic E-state index is 4.53. The number of aliphatic imine (C=N–C) groups is 1. The van der Waals surface area contributed by atoms with Crippen LogP contribution in [0, 0.1) is 0 Å². The fourth-order valence-corrected chi connectivity index (χ4v) is 3.89. The summed E-state index contributed by atoms with van der Waals surface area (Å²) in [5.41, 5.74) is 1.28. The topological polar surface area (TPSA) is 48.7 Å². The first kappa shape index (κ1) is 22.7. The lowest BCUT2D eigenvalue weighted by molar-refractivity contribution is 0.232. The molecule has 1 saturated heterocycles. The van der Waals surface area contributed by atoms with E-state index in [-0.39, 0.29) is 24.0 Å². The summed E-state index contributed by atoms with van der Waals surface area (Å²) >= 11 is 0. The van der Waals surface area contributed by atoms with Gasteiger partial charge < -0.3 is 14.8 Å². The van der Waals surface area contributed by atoms with Gasteiger partial charge >= 0.3 is 0 Å². The van der Waals surface area contributed by atoms with Crippen LogP contribution >= 0.6 is 24.0 Å². The van der Waals surface area contributed by atoms with Crippen molar-refractivity contribution in [1.29, 1.82) is 0 Å². The van der Waals surface area contributed by atoms with Crippen LogP contribution in [-0.4, -0.2) is 65.1 Å². The lowest BCUT2D eigenvalue weighted by Crippen LogP contribution is -2.45. The van der Waals surface area contributed by atoms with Crippen LogP contribution in [0.25, 0.3) is 0 Å². The second-order valence-corrected chi connectivity index (χ2v) is 7.16. The number of likely N-dealkylation sites (N-methyl/N-ethyl adjacent to an activating group) is 2. The molecule has 0 bridgehead atoms. The van der Waals surface area contributed by atoms with Gasteiger partial charge in [0.05, 0.1) is 6.54 Å². The molecule has 0 amide bonds. The maximum absolute atomic E-state index is 4.53. The summed E-state index contributed by atoms with van der Waals surface area (Å²) in [6, 6.07) is 11.1. The number of nitrogens with one attached hydrogen (secondary N) is 1. The molecule has 2 heterocycles. The zero-order chi connectivity index (χ0) is 19.1. The van der Waals surface area contributed by atoms with Crippen LogP contribution in [-0.2, 0) is 13.1 Å². The number of nitrogens with zero attached hydrogens (tertiary/aromatic N) is 5. The number of hydrogen-bond acceptors (Lipinski definition) is 3. The zero-order valence-corrected chi connectivity index (χ0v) is 19.5. The molecule has 154 valence electrons. The van der Waals surface area contributed by atoms with Crippen molar-refractivity contribution in [3.8, 4) is 0 Å². The van der Waals surface area contributed by atoms with E-state index in [0.29, 0.717) is 12.6 Å². The van der Waals surface area contributed by atoms with Gasteiger partial charge in [0.2, 0.25) is 0 Å². The summed E-state index contributed by atoms with van der Waals surface area (Å²) in [5, 5.41) is 3.48. The molecule has 0 saturated carbocycles. The molecule has 2 aromatic rings. The molecule has 6 nitrogen and oxygen atoms in total. The zero-order valence-electron chi connectivity index (χ0n) is 17.2. The molecule has 1 aromatic carbocycles. The average Bonchev–Trinajstić information content (AvgIpc) is 3.32. The van der Waals surface area contributed by atoms with Crippen LogP contribution in [0.4, 0.5) is 0 Å². The van der Waals surface area contributed by atoms with Crippen molar-refractivity contribution in [3.05, 3.63) is 54.1 Å². The Morgan fingerprint density at radius 1 is 1.32 bits per heavy atom. The summed E-state index contributed by atoms with van der Waals surface area (Å²) in [6.07, 6.45) is 6.48. The number of rotatable bonds is 7. The Bertz CT molecular complexity index is 730. The van der Waals surface area contributed by atoms with Gasteiger partial charge in [0.15, 0.2) is 5.96 Å². The standard InChI is InChI=1S/C21H32N6.HI/c1-4-26-13-8-11-19(26)17-25(3)21(22-2)24-15-20-23-12-14-27(20)16-18-9-6-5-7-10-18;/h5-7,9-10,12,14,19H,4,8,11,13,15-17H2,1-3H3,(H,22,24);1H. The summed E-state index contributed by atoms with van der Waals surface area (Å²) < 4.78 is 2.19. The Hall–Kier alpha value is -1.61. The fourth-order valence-electron chi connectivity index (χ4n) is 3.89. The van der Waals surface area contributed by atoms with E-state index >= 15 is 0 Å². The second-order valence-electron chi connectivity index (χ2n) is 7.16. The third kappa shape index (κ3) is 5.94. The summed E-state index contributed by atoms with van der Waals surface area (Å²) in [7, 11) is 3.97. The average molecular weight is 496 g/mol. The third-order valence-electron chi connectivity index (χ3n) is 5.37. The van der Waals surface area contributed by atoms with Gasteiger partial charge in [0, 0.05) is 45.6 Å². The van der Waals surface area contributed by atoms with Crippen molar-refractivity contribution >= 4 is 29.9 Å². The van der Waals surface area contributed by atoms with Crippen LogP contribution in [0.3, 0.4) is 0 Å². The van der Waals surface area contributed by atoms with Crippen molar-refractivity contribution in [3.63, 3.8) is 0 Å². The van der Waals surface area contributed by atoms with E-state index in [1.165, 1.54) is 24.9 Å². The molecule has 1 unspecified atom stereocenters. The highest BCUT2D eigenvalue weighted by atomic mass is 127. The summed E-state index contributed by atoms with van der Waals surface area (Å²) in [5.74, 6) is 1.94. The van der Waals surface area contributed by atoms with Gasteiger partial charge in [-0.2, -0.15) is 0 Å². The van der Waals surface area contributed by atoms with Crippen LogP contribution in [0.5, 0.6) is 0 Å². The van der Waals surface area contributed by atoms with Gasteiger partial charge in [-0.1, -0.05) is 37.3 Å². The van der Waals surface area contributed by atoms with Crippen LogP contribution in [0.1, 0.15) is 31.2 Å². The highest BCUT2D eigenvalue weighted by Crippen LogP contribution is 2.17. The molecule has 1 atom stereocenters. The number of guanidine groups is 1. The highest BCUT2D eigenvalue weighted by Gasteiger charge is 2.25. The van der Waals surface area contributed by atoms with Crippen LogP contribution < -0.4 is 5.32 Å². The van der Waals surface area contributed by atoms with Gasteiger partial charge in [0.1, 0.15) is 5.82 Å². The van der Waals surface area contributed by atoms with Crippen molar-refractivity contribution in [2.75, 3.05) is 33.7 Å². The molecule has 1 aliphatic heterocycles. The lowest BCUT2D eigenvalue weighted by atomic mass is 10.2. The van der Waals surface area contributed by atoms with E-state index < -0.39 is 0 Å². The van der Waals surface area contributed by atoms with E-state index in [2.05, 4.69) is 67.9 Å². The Morgan fingerprint density at radius 3 is 2.82 bits per heavy atom. The molecule has 0 aliphatic carbocycles. The molecule has 1 fully saturated rings. The predicted molar refractivity (Wildman–Crippen MR) is 126 cm³/mol. The molecular formula is C21H33IN6. The van der Waals surface area contributed by atoms with E-state index in [1.54, 1.807) is 0 Å². The first-order valence-corrected chi connectivity index (χ1v) is 9.91. The van der Waals surface area contributed by atoms with E-state index in [4.69, 9.17) is 0 Å². The van der Waals surface area contributed by atoms with Crippen molar-refractivity contribution < 1.29 is 0 Å². The molecule has 1 N–H and O–H groups in total. The van der Waals surface area contributed by atoms with Crippen molar-refractivity contribution in [2.45, 2.75) is 38.9 Å². The normalized spacial score (nSPS) is 17.4. The number of hydrogen-bond donors (Lipinski definition) is 1. The minimum Gasteiger partial charge on any atom is -0.349 e. The smallest absolute Gasteiger partial charge is 0.193 e. The minimum atomic E-state index is 0. The van der Waals surface area contributed by atoms with E-state index in [1.807, 2.05) is 25.5 Å². The minimum absolute atomic E-state index is 0. The quantitative estimate of drug-likeness (QED) is 0.364. The highest BCUT2D eigenvalue weighted by molar-refractivity contribution is 14.0. The van der Waals surface area contributed by atoms with Gasteiger partial charge in [0.25, 0.3) is 0 Å². The first-order valence-electron chi connectivity index (χ1n) is 9.91. The van der Waals surface area contributed by atoms with Crippen molar-refractivity contribution in [2.24, 2.45) is 4.99 Å². The predicted octanol–water partition coefficient (Wildman–Crippen LogP) is 3.04. The Balaban J connectivity index is 0.00000280. The number of imidazole rings is 1. The number of benzene rings is 1. The van der Waals surface area contributed by atoms with Gasteiger partial charge in [-0.25, -0.2) is 4.98 Å². The SMILES string of the molecule is CCN1CCCC1CN(C)C(=NC)NCc1nccn1Cc1ccccc1.I. The molecule has 0 radical (unpaired) electrons. The Labute approximate surface area is 186 Å². The lowest BCUT2D eigenvalue weighted by Gasteiger charge is -2.29. The third-order valence-corrected chi connectivity index (χ3v) is 5.37. The fraction of sp³-hybridized carbons (Fsp3) is 0.524. The largest absolute Gasteiger partial charge is 0.349 e. The first-order chi connectivity index (χ1) is 13.2. The molecular weight excluding hydrogens is 463 g/mol. The molecule has 28 heavy (non-hydrogen) atoms. The van der Waals surface area contributed by atoms with E-state index in [9.17, 15) is 0 Å². The van der Waals surface area contributed by atoms with Crippen LogP contribution in [0.2, 0.25) is 0 Å². The van der Waals surface area contributed by atoms with Gasteiger partial charge in [-0.15, -0.1) is 24.0 Å². The van der Waals surface area contributed by atoms with Crippen LogP contribution in [0.15, 0.2) is 47.7 Å². The Morgan fingerprint density at radius 2 is 2.11 bits per heavy atom. The molecule has 7 heteroatoms. The number of likely N-dealkylation sites (tertiary alicyclic amines) is 1. The Kier molecular flexibility index (Phi) is 9.24. The molecule has 0 spiro atoms. The van der Waals surface area contributed by atoms with Crippen molar-refractivity contribution in [1.82, 2.24) is 24.7 Å². The second kappa shape index (κ2) is 11.4.